The molecule has 0 amide bonds. The zero-order chi connectivity index (χ0) is 23.9. The molecule has 0 aromatic heterocycles. The molecule has 0 radical (unpaired) electrons. The van der Waals surface area contributed by atoms with Crippen LogP contribution in [-0.4, -0.2) is 48.3 Å². The second-order valence-corrected chi connectivity index (χ2v) is 8.39. The molecule has 32 heavy (non-hydrogen) atoms. The van der Waals surface area contributed by atoms with Gasteiger partial charge < -0.3 is 24.7 Å². The van der Waals surface area contributed by atoms with Crippen LogP contribution in [0.25, 0.3) is 0 Å². The van der Waals surface area contributed by atoms with E-state index in [0.717, 1.165) is 29.9 Å². The number of oxime groups is 1. The van der Waals surface area contributed by atoms with Gasteiger partial charge in [0, 0.05) is 30.4 Å². The third kappa shape index (κ3) is 5.93. The summed E-state index contributed by atoms with van der Waals surface area (Å²) in [7, 11) is 0. The normalized spacial score (nSPS) is 11.9. The summed E-state index contributed by atoms with van der Waals surface area (Å²) in [6.45, 7) is 14.4. The van der Waals surface area contributed by atoms with Crippen molar-refractivity contribution in [1.29, 1.82) is 0 Å². The van der Waals surface area contributed by atoms with E-state index >= 15 is 0 Å². The molecule has 0 atom stereocenters. The van der Waals surface area contributed by atoms with Crippen LogP contribution in [0.15, 0.2) is 41.6 Å². The SMILES string of the molecule is CCOC(=O)c1ccc(OC/C(=N\O)c2ccc(N(CC)CC)c(C(C)(C)C)c2)cc1O. The van der Waals surface area contributed by atoms with Crippen LogP contribution < -0.4 is 9.64 Å². The number of phenolic OH excluding ortho intramolecular Hbond substituents is 1. The molecule has 0 unspecified atom stereocenters. The first-order valence-corrected chi connectivity index (χ1v) is 10.9. The Bertz CT molecular complexity index is 959. The lowest BCUT2D eigenvalue weighted by molar-refractivity contribution is 0.0523. The zero-order valence-corrected chi connectivity index (χ0v) is 19.8. The van der Waals surface area contributed by atoms with Crippen molar-refractivity contribution in [3.63, 3.8) is 0 Å². The summed E-state index contributed by atoms with van der Waals surface area (Å²) >= 11 is 0. The van der Waals surface area contributed by atoms with E-state index in [1.807, 2.05) is 18.2 Å². The summed E-state index contributed by atoms with van der Waals surface area (Å²) in [6, 6.07) is 10.3. The van der Waals surface area contributed by atoms with Gasteiger partial charge in [-0.2, -0.15) is 0 Å². The van der Waals surface area contributed by atoms with Gasteiger partial charge >= 0.3 is 5.97 Å². The van der Waals surface area contributed by atoms with Crippen molar-refractivity contribution in [2.45, 2.75) is 47.0 Å². The van der Waals surface area contributed by atoms with Gasteiger partial charge in [0.05, 0.1) is 6.61 Å². The Morgan fingerprint density at radius 3 is 2.28 bits per heavy atom. The summed E-state index contributed by atoms with van der Waals surface area (Å²) in [5.41, 5.74) is 3.37. The average molecular weight is 443 g/mol. The monoisotopic (exact) mass is 442 g/mol. The molecule has 2 aromatic rings. The number of aromatic hydroxyl groups is 1. The third-order valence-corrected chi connectivity index (χ3v) is 5.20. The first kappa shape index (κ1) is 25.0. The lowest BCUT2D eigenvalue weighted by atomic mass is 9.84. The minimum absolute atomic E-state index is 0.0110. The van der Waals surface area contributed by atoms with Crippen molar-refractivity contribution in [1.82, 2.24) is 0 Å². The number of benzene rings is 2. The molecular weight excluding hydrogens is 408 g/mol. The van der Waals surface area contributed by atoms with Gasteiger partial charge in [0.1, 0.15) is 29.4 Å². The van der Waals surface area contributed by atoms with Gasteiger partial charge in [-0.3, -0.25) is 0 Å². The molecule has 174 valence electrons. The molecule has 0 saturated carbocycles. The van der Waals surface area contributed by atoms with Crippen LogP contribution in [0.2, 0.25) is 0 Å². The molecule has 2 N–H and O–H groups in total. The van der Waals surface area contributed by atoms with Gasteiger partial charge in [-0.1, -0.05) is 32.0 Å². The molecular formula is C25H34N2O5. The van der Waals surface area contributed by atoms with Crippen LogP contribution in [0.5, 0.6) is 11.5 Å². The lowest BCUT2D eigenvalue weighted by Crippen LogP contribution is -2.27. The molecule has 0 aliphatic heterocycles. The predicted molar refractivity (Wildman–Crippen MR) is 127 cm³/mol. The summed E-state index contributed by atoms with van der Waals surface area (Å²) < 4.78 is 10.6. The standard InChI is InChI=1S/C25H34N2O5/c1-7-27(8-2)22-13-10-17(14-20(22)25(4,5)6)21(26-30)16-32-18-11-12-19(23(28)15-18)24(29)31-9-3/h10-15,28,30H,7-9,16H2,1-6H3/b26-21+. The van der Waals surface area contributed by atoms with Crippen LogP contribution in [0.3, 0.4) is 0 Å². The van der Waals surface area contributed by atoms with Crippen LogP contribution in [0.1, 0.15) is 63.0 Å². The maximum atomic E-state index is 11.8. The number of carbonyl (C=O) groups excluding carboxylic acids is 1. The predicted octanol–water partition coefficient (Wildman–Crippen LogP) is 4.97. The maximum Gasteiger partial charge on any atom is 0.341 e. The third-order valence-electron chi connectivity index (χ3n) is 5.20. The van der Waals surface area contributed by atoms with Crippen LogP contribution >= 0.6 is 0 Å². The van der Waals surface area contributed by atoms with Crippen molar-refractivity contribution < 1.29 is 24.6 Å². The van der Waals surface area contributed by atoms with E-state index in [2.05, 4.69) is 44.7 Å². The van der Waals surface area contributed by atoms with Crippen LogP contribution in [-0.2, 0) is 10.2 Å². The van der Waals surface area contributed by atoms with Gasteiger partial charge in [-0.15, -0.1) is 0 Å². The summed E-state index contributed by atoms with van der Waals surface area (Å²) in [6.07, 6.45) is 0. The first-order valence-electron chi connectivity index (χ1n) is 10.9. The number of nitrogens with zero attached hydrogens (tertiary/aromatic N) is 2. The van der Waals surface area contributed by atoms with Gasteiger partial charge in [0.25, 0.3) is 0 Å². The first-order chi connectivity index (χ1) is 15.2. The van der Waals surface area contributed by atoms with Crippen LogP contribution in [0, 0.1) is 0 Å². The van der Waals surface area contributed by atoms with Crippen molar-refractivity contribution in [3.05, 3.63) is 53.1 Å². The van der Waals surface area contributed by atoms with E-state index in [-0.39, 0.29) is 29.9 Å². The molecule has 2 aromatic carbocycles. The molecule has 0 bridgehead atoms. The van der Waals surface area contributed by atoms with Crippen molar-refractivity contribution in [2.75, 3.05) is 31.2 Å². The number of phenols is 1. The molecule has 7 nitrogen and oxygen atoms in total. The van der Waals surface area contributed by atoms with E-state index in [1.165, 1.54) is 12.1 Å². The van der Waals surface area contributed by atoms with E-state index in [9.17, 15) is 15.1 Å². The second kappa shape index (κ2) is 10.9. The zero-order valence-electron chi connectivity index (χ0n) is 19.8. The summed E-state index contributed by atoms with van der Waals surface area (Å²) in [4.78, 5) is 14.1. The fraction of sp³-hybridized carbons (Fsp3) is 0.440. The fourth-order valence-corrected chi connectivity index (χ4v) is 3.46. The van der Waals surface area contributed by atoms with E-state index in [0.29, 0.717) is 11.5 Å². The van der Waals surface area contributed by atoms with E-state index in [1.54, 1.807) is 13.0 Å². The number of anilines is 1. The second-order valence-electron chi connectivity index (χ2n) is 8.39. The number of rotatable bonds is 9. The van der Waals surface area contributed by atoms with E-state index in [4.69, 9.17) is 9.47 Å². The number of carbonyl (C=O) groups is 1. The smallest absolute Gasteiger partial charge is 0.341 e. The molecule has 0 spiro atoms. The van der Waals surface area contributed by atoms with Gasteiger partial charge in [0.15, 0.2) is 0 Å². The molecule has 0 fully saturated rings. The molecule has 2 rings (SSSR count). The maximum absolute atomic E-state index is 11.8. The topological polar surface area (TPSA) is 91.6 Å². The minimum atomic E-state index is -0.600. The van der Waals surface area contributed by atoms with Crippen LogP contribution in [0.4, 0.5) is 5.69 Å². The molecule has 0 saturated heterocycles. The van der Waals surface area contributed by atoms with Crippen molar-refractivity contribution >= 4 is 17.4 Å². The molecule has 0 aliphatic rings. The highest BCUT2D eigenvalue weighted by Crippen LogP contribution is 2.33. The van der Waals surface area contributed by atoms with Crippen molar-refractivity contribution in [2.24, 2.45) is 5.16 Å². The van der Waals surface area contributed by atoms with Gasteiger partial charge in [-0.05, 0) is 56.0 Å². The Balaban J connectivity index is 2.26. The minimum Gasteiger partial charge on any atom is -0.507 e. The molecule has 0 aliphatic carbocycles. The number of hydrogen-bond acceptors (Lipinski definition) is 7. The summed E-state index contributed by atoms with van der Waals surface area (Å²) in [5.74, 6) is -0.494. The number of ether oxygens (including phenoxy) is 2. The number of hydrogen-bond donors (Lipinski definition) is 2. The number of esters is 1. The largest absolute Gasteiger partial charge is 0.507 e. The molecule has 7 heteroatoms. The Morgan fingerprint density at radius 2 is 1.75 bits per heavy atom. The quantitative estimate of drug-likeness (QED) is 0.247. The Morgan fingerprint density at radius 1 is 1.06 bits per heavy atom. The highest BCUT2D eigenvalue weighted by atomic mass is 16.5. The summed E-state index contributed by atoms with van der Waals surface area (Å²) in [5, 5.41) is 23.2. The lowest BCUT2D eigenvalue weighted by Gasteiger charge is -2.30. The Hall–Kier alpha value is -3.22. The van der Waals surface area contributed by atoms with Gasteiger partial charge in [0.2, 0.25) is 0 Å². The highest BCUT2D eigenvalue weighted by Gasteiger charge is 2.22. The van der Waals surface area contributed by atoms with E-state index < -0.39 is 5.97 Å². The average Bonchev–Trinajstić information content (AvgIpc) is 2.75. The highest BCUT2D eigenvalue weighted by molar-refractivity contribution is 6.02. The van der Waals surface area contributed by atoms with Gasteiger partial charge in [-0.25, -0.2) is 4.79 Å². The fourth-order valence-electron chi connectivity index (χ4n) is 3.46. The van der Waals surface area contributed by atoms with Crippen molar-refractivity contribution in [3.8, 4) is 11.5 Å². The Kier molecular flexibility index (Phi) is 8.52. The Labute approximate surface area is 190 Å². The molecule has 0 heterocycles.